The molecule has 138 valence electrons. The molecule has 0 aromatic rings. The molecule has 0 saturated carbocycles. The number of likely N-dealkylation sites (tertiary alicyclic amines) is 2. The van der Waals surface area contributed by atoms with Gasteiger partial charge in [0, 0.05) is 45.2 Å². The van der Waals surface area contributed by atoms with Crippen LogP contribution in [0.15, 0.2) is 4.99 Å². The lowest BCUT2D eigenvalue weighted by molar-refractivity contribution is -0.129. The lowest BCUT2D eigenvalue weighted by Crippen LogP contribution is -2.50. The van der Waals surface area contributed by atoms with Crippen molar-refractivity contribution in [1.82, 2.24) is 20.4 Å². The molecule has 2 N–H and O–H groups in total. The van der Waals surface area contributed by atoms with E-state index in [0.717, 1.165) is 37.9 Å². The molecule has 2 heterocycles. The smallest absolute Gasteiger partial charge is 0.222 e. The highest BCUT2D eigenvalue weighted by Crippen LogP contribution is 2.17. The highest BCUT2D eigenvalue weighted by Gasteiger charge is 2.26. The molecule has 0 spiro atoms. The molecule has 0 aromatic carbocycles. The van der Waals surface area contributed by atoms with Gasteiger partial charge in [0.05, 0.1) is 0 Å². The zero-order valence-electron chi connectivity index (χ0n) is 15.8. The Hall–Kier alpha value is -1.30. The molecule has 0 aromatic heterocycles. The lowest BCUT2D eigenvalue weighted by atomic mass is 9.98. The van der Waals surface area contributed by atoms with Gasteiger partial charge >= 0.3 is 0 Å². The fourth-order valence-electron chi connectivity index (χ4n) is 3.56. The predicted octanol–water partition coefficient (Wildman–Crippen LogP) is 1.28. The van der Waals surface area contributed by atoms with Crippen molar-refractivity contribution in [3.63, 3.8) is 0 Å². The van der Waals surface area contributed by atoms with E-state index in [1.165, 1.54) is 25.9 Å². The molecule has 2 aliphatic rings. The van der Waals surface area contributed by atoms with Crippen LogP contribution in [0.1, 0.15) is 46.5 Å². The Kier molecular flexibility index (Phi) is 7.34. The van der Waals surface area contributed by atoms with Crippen LogP contribution in [0.2, 0.25) is 0 Å². The Morgan fingerprint density at radius 3 is 2.58 bits per heavy atom. The summed E-state index contributed by atoms with van der Waals surface area (Å²) in [7, 11) is 1.81. The molecule has 2 rings (SSSR count). The van der Waals surface area contributed by atoms with E-state index in [1.807, 2.05) is 18.9 Å². The fraction of sp³-hybridized carbons (Fsp3) is 0.889. The zero-order chi connectivity index (χ0) is 17.5. The van der Waals surface area contributed by atoms with Crippen LogP contribution in [0.4, 0.5) is 0 Å². The molecule has 0 radical (unpaired) electrons. The second kappa shape index (κ2) is 9.25. The van der Waals surface area contributed by atoms with Gasteiger partial charge in [-0.25, -0.2) is 0 Å². The number of aliphatic imine (C=N–C) groups is 1. The second-order valence-electron chi connectivity index (χ2n) is 7.34. The number of carbonyl (C=O) groups excluding carboxylic acids is 1. The van der Waals surface area contributed by atoms with Gasteiger partial charge in [-0.2, -0.15) is 0 Å². The number of hydrogen-bond donors (Lipinski definition) is 2. The number of hydrogen-bond acceptors (Lipinski definition) is 3. The highest BCUT2D eigenvalue weighted by molar-refractivity contribution is 5.80. The molecule has 2 unspecified atom stereocenters. The molecule has 2 saturated heterocycles. The summed E-state index contributed by atoms with van der Waals surface area (Å²) in [6.07, 6.45) is 4.19. The van der Waals surface area contributed by atoms with Crippen LogP contribution in [0.3, 0.4) is 0 Å². The molecule has 2 fully saturated rings. The SMILES string of the molecule is CCC(=O)N1CCC(NC(=NC)NCC(C)N2CCC(C)CC2)C1. The molecule has 6 nitrogen and oxygen atoms in total. The number of nitrogens with zero attached hydrogens (tertiary/aromatic N) is 3. The maximum atomic E-state index is 11.8. The number of rotatable bonds is 5. The third kappa shape index (κ3) is 5.36. The van der Waals surface area contributed by atoms with Crippen molar-refractivity contribution in [1.29, 1.82) is 0 Å². The first-order valence-corrected chi connectivity index (χ1v) is 9.52. The average Bonchev–Trinajstić information content (AvgIpc) is 3.06. The van der Waals surface area contributed by atoms with Crippen LogP contribution < -0.4 is 10.6 Å². The summed E-state index contributed by atoms with van der Waals surface area (Å²) in [6, 6.07) is 0.815. The van der Waals surface area contributed by atoms with Gasteiger partial charge in [-0.15, -0.1) is 0 Å². The largest absolute Gasteiger partial charge is 0.355 e. The Balaban J connectivity index is 1.72. The van der Waals surface area contributed by atoms with E-state index in [2.05, 4.69) is 34.4 Å². The first kappa shape index (κ1) is 19.0. The Morgan fingerprint density at radius 1 is 1.25 bits per heavy atom. The quantitative estimate of drug-likeness (QED) is 0.586. The number of amides is 1. The van der Waals surface area contributed by atoms with Crippen LogP contribution in [-0.4, -0.2) is 73.5 Å². The number of nitrogens with one attached hydrogen (secondary N) is 2. The molecule has 0 aliphatic carbocycles. The van der Waals surface area contributed by atoms with Gasteiger partial charge in [0.1, 0.15) is 0 Å². The monoisotopic (exact) mass is 337 g/mol. The summed E-state index contributed by atoms with van der Waals surface area (Å²) in [4.78, 5) is 20.6. The van der Waals surface area contributed by atoms with Crippen molar-refractivity contribution in [2.45, 2.75) is 58.5 Å². The molecule has 24 heavy (non-hydrogen) atoms. The molecule has 2 aliphatic heterocycles. The van der Waals surface area contributed by atoms with Crippen molar-refractivity contribution >= 4 is 11.9 Å². The number of carbonyl (C=O) groups is 1. The van der Waals surface area contributed by atoms with Crippen molar-refractivity contribution in [2.75, 3.05) is 39.8 Å². The Morgan fingerprint density at radius 2 is 1.96 bits per heavy atom. The minimum absolute atomic E-state index is 0.246. The van der Waals surface area contributed by atoms with E-state index in [-0.39, 0.29) is 5.91 Å². The lowest BCUT2D eigenvalue weighted by Gasteiger charge is -2.35. The van der Waals surface area contributed by atoms with Gasteiger partial charge in [0.25, 0.3) is 0 Å². The fourth-order valence-corrected chi connectivity index (χ4v) is 3.56. The summed E-state index contributed by atoms with van der Waals surface area (Å²) in [5.74, 6) is 1.96. The van der Waals surface area contributed by atoms with Crippen LogP contribution in [0.25, 0.3) is 0 Å². The summed E-state index contributed by atoms with van der Waals surface area (Å²) >= 11 is 0. The Bertz CT molecular complexity index is 431. The second-order valence-corrected chi connectivity index (χ2v) is 7.34. The molecule has 1 amide bonds. The molecule has 0 bridgehead atoms. The molecule has 2 atom stereocenters. The van der Waals surface area contributed by atoms with E-state index in [0.29, 0.717) is 18.5 Å². The van der Waals surface area contributed by atoms with Crippen LogP contribution >= 0.6 is 0 Å². The molecular weight excluding hydrogens is 302 g/mol. The zero-order valence-corrected chi connectivity index (χ0v) is 15.8. The van der Waals surface area contributed by atoms with Crippen LogP contribution in [0, 0.1) is 5.92 Å². The topological polar surface area (TPSA) is 60.0 Å². The average molecular weight is 338 g/mol. The van der Waals surface area contributed by atoms with Crippen LogP contribution in [0.5, 0.6) is 0 Å². The van der Waals surface area contributed by atoms with Gasteiger partial charge in [-0.05, 0) is 45.2 Å². The van der Waals surface area contributed by atoms with Gasteiger partial charge in [-0.1, -0.05) is 13.8 Å². The Labute approximate surface area is 147 Å². The van der Waals surface area contributed by atoms with Gasteiger partial charge in [0.15, 0.2) is 5.96 Å². The molecule has 6 heteroatoms. The summed E-state index contributed by atoms with van der Waals surface area (Å²) in [5.41, 5.74) is 0. The first-order chi connectivity index (χ1) is 11.5. The predicted molar refractivity (Wildman–Crippen MR) is 99.2 cm³/mol. The van der Waals surface area contributed by atoms with Crippen molar-refractivity contribution in [2.24, 2.45) is 10.9 Å². The number of piperidine rings is 1. The van der Waals surface area contributed by atoms with Crippen molar-refractivity contribution < 1.29 is 4.79 Å². The van der Waals surface area contributed by atoms with E-state index < -0.39 is 0 Å². The van der Waals surface area contributed by atoms with Crippen molar-refractivity contribution in [3.05, 3.63) is 0 Å². The van der Waals surface area contributed by atoms with E-state index in [1.54, 1.807) is 0 Å². The summed E-state index contributed by atoms with van der Waals surface area (Å²) < 4.78 is 0. The summed E-state index contributed by atoms with van der Waals surface area (Å²) in [6.45, 7) is 11.5. The normalized spacial score (nSPS) is 24.9. The van der Waals surface area contributed by atoms with Gasteiger partial charge < -0.3 is 15.5 Å². The third-order valence-corrected chi connectivity index (χ3v) is 5.41. The first-order valence-electron chi connectivity index (χ1n) is 9.52. The van der Waals surface area contributed by atoms with E-state index >= 15 is 0 Å². The maximum Gasteiger partial charge on any atom is 0.222 e. The molecular formula is C18H35N5O. The minimum Gasteiger partial charge on any atom is -0.355 e. The standard InChI is InChI=1S/C18H35N5O/c1-5-17(24)23-11-8-16(13-23)21-18(19-4)20-12-15(3)22-9-6-14(2)7-10-22/h14-16H,5-13H2,1-4H3,(H2,19,20,21). The van der Waals surface area contributed by atoms with E-state index in [9.17, 15) is 4.79 Å². The van der Waals surface area contributed by atoms with Crippen molar-refractivity contribution in [3.8, 4) is 0 Å². The van der Waals surface area contributed by atoms with Gasteiger partial charge in [0.2, 0.25) is 5.91 Å². The van der Waals surface area contributed by atoms with E-state index in [4.69, 9.17) is 0 Å². The third-order valence-electron chi connectivity index (χ3n) is 5.41. The summed E-state index contributed by atoms with van der Waals surface area (Å²) in [5, 5.41) is 6.92. The minimum atomic E-state index is 0.246. The highest BCUT2D eigenvalue weighted by atomic mass is 16.2. The maximum absolute atomic E-state index is 11.8. The van der Waals surface area contributed by atoms with Crippen LogP contribution in [-0.2, 0) is 4.79 Å². The number of guanidine groups is 1. The van der Waals surface area contributed by atoms with Gasteiger partial charge in [-0.3, -0.25) is 14.7 Å².